The number of nitrogens with two attached hydrogens (primary N) is 1. The number of benzene rings is 1. The molecule has 3 nitrogen and oxygen atoms in total. The van der Waals surface area contributed by atoms with E-state index in [0.29, 0.717) is 19.1 Å². The monoisotopic (exact) mass is 341 g/mol. The van der Waals surface area contributed by atoms with E-state index in [1.165, 1.54) is 0 Å². The Kier molecular flexibility index (Phi) is 4.65. The molecule has 1 aliphatic rings. The second-order valence-electron chi connectivity index (χ2n) is 6.63. The van der Waals surface area contributed by atoms with Gasteiger partial charge in [0.15, 0.2) is 11.5 Å². The van der Waals surface area contributed by atoms with Crippen LogP contribution in [0.3, 0.4) is 0 Å². The normalized spacial score (nSPS) is 17.7. The summed E-state index contributed by atoms with van der Waals surface area (Å²) in [6.45, 7) is 10.2. The van der Waals surface area contributed by atoms with E-state index >= 15 is 0 Å². The molecule has 4 heteroatoms. The molecule has 0 aliphatic carbocycles. The zero-order valence-corrected chi connectivity index (χ0v) is 14.3. The zero-order chi connectivity index (χ0) is 14.9. The van der Waals surface area contributed by atoms with Crippen LogP contribution in [0.2, 0.25) is 0 Å². The molecule has 20 heavy (non-hydrogen) atoms. The fourth-order valence-corrected chi connectivity index (χ4v) is 2.84. The molecule has 0 amide bonds. The van der Waals surface area contributed by atoms with Gasteiger partial charge in [-0.3, -0.25) is 0 Å². The molecule has 1 aromatic rings. The van der Waals surface area contributed by atoms with Crippen LogP contribution < -0.4 is 15.2 Å². The highest BCUT2D eigenvalue weighted by molar-refractivity contribution is 9.10. The SMILES string of the molecule is CC(CC(N)c1cc2c(cc1Br)OCCO2)C(C)(C)C. The molecule has 0 saturated heterocycles. The molecule has 1 heterocycles. The van der Waals surface area contributed by atoms with Crippen LogP contribution in [0.5, 0.6) is 11.5 Å². The lowest BCUT2D eigenvalue weighted by Gasteiger charge is -2.30. The Balaban J connectivity index is 2.19. The van der Waals surface area contributed by atoms with Gasteiger partial charge in [-0.05, 0) is 35.4 Å². The van der Waals surface area contributed by atoms with E-state index < -0.39 is 0 Å². The van der Waals surface area contributed by atoms with E-state index in [1.54, 1.807) is 0 Å². The molecule has 2 N–H and O–H groups in total. The van der Waals surface area contributed by atoms with Gasteiger partial charge in [-0.1, -0.05) is 43.6 Å². The summed E-state index contributed by atoms with van der Waals surface area (Å²) >= 11 is 3.60. The first-order chi connectivity index (χ1) is 9.29. The van der Waals surface area contributed by atoms with Gasteiger partial charge in [0.1, 0.15) is 13.2 Å². The summed E-state index contributed by atoms with van der Waals surface area (Å²) in [7, 11) is 0. The van der Waals surface area contributed by atoms with Gasteiger partial charge in [0.05, 0.1) is 0 Å². The topological polar surface area (TPSA) is 44.5 Å². The van der Waals surface area contributed by atoms with E-state index in [1.807, 2.05) is 12.1 Å². The lowest BCUT2D eigenvalue weighted by Crippen LogP contribution is -2.24. The Bertz CT molecular complexity index is 482. The minimum absolute atomic E-state index is 0.00516. The van der Waals surface area contributed by atoms with Crippen molar-refractivity contribution in [1.29, 1.82) is 0 Å². The van der Waals surface area contributed by atoms with Gasteiger partial charge in [0.25, 0.3) is 0 Å². The summed E-state index contributed by atoms with van der Waals surface area (Å²) in [6, 6.07) is 3.97. The Morgan fingerprint density at radius 2 is 1.75 bits per heavy atom. The highest BCUT2D eigenvalue weighted by atomic mass is 79.9. The molecule has 0 bridgehead atoms. The van der Waals surface area contributed by atoms with Gasteiger partial charge in [-0.2, -0.15) is 0 Å². The van der Waals surface area contributed by atoms with E-state index in [9.17, 15) is 0 Å². The van der Waals surface area contributed by atoms with Crippen molar-refractivity contribution in [3.05, 3.63) is 22.2 Å². The molecule has 0 fully saturated rings. The molecule has 0 aromatic heterocycles. The first-order valence-electron chi connectivity index (χ1n) is 7.13. The highest BCUT2D eigenvalue weighted by Gasteiger charge is 2.25. The molecule has 112 valence electrons. The van der Waals surface area contributed by atoms with Gasteiger partial charge in [-0.15, -0.1) is 0 Å². The highest BCUT2D eigenvalue weighted by Crippen LogP contribution is 2.40. The van der Waals surface area contributed by atoms with Crippen molar-refractivity contribution in [1.82, 2.24) is 0 Å². The third-order valence-electron chi connectivity index (χ3n) is 4.15. The smallest absolute Gasteiger partial charge is 0.162 e. The van der Waals surface area contributed by atoms with Crippen LogP contribution in [0.15, 0.2) is 16.6 Å². The first-order valence-corrected chi connectivity index (χ1v) is 7.93. The average molecular weight is 342 g/mol. The van der Waals surface area contributed by atoms with Crippen LogP contribution in [0, 0.1) is 11.3 Å². The second kappa shape index (κ2) is 5.94. The van der Waals surface area contributed by atoms with Crippen molar-refractivity contribution in [2.45, 2.75) is 40.2 Å². The van der Waals surface area contributed by atoms with E-state index in [-0.39, 0.29) is 11.5 Å². The maximum atomic E-state index is 6.40. The van der Waals surface area contributed by atoms with Crippen LogP contribution in [0.1, 0.15) is 45.7 Å². The Hall–Kier alpha value is -0.740. The molecular weight excluding hydrogens is 318 g/mol. The molecule has 1 aliphatic heterocycles. The minimum atomic E-state index is -0.00516. The van der Waals surface area contributed by atoms with Crippen LogP contribution in [0.4, 0.5) is 0 Å². The van der Waals surface area contributed by atoms with Gasteiger partial charge in [-0.25, -0.2) is 0 Å². The zero-order valence-electron chi connectivity index (χ0n) is 12.7. The fourth-order valence-electron chi connectivity index (χ4n) is 2.23. The third kappa shape index (κ3) is 3.47. The predicted molar refractivity (Wildman–Crippen MR) is 85.3 cm³/mol. The summed E-state index contributed by atoms with van der Waals surface area (Å²) in [5.74, 6) is 2.13. The quantitative estimate of drug-likeness (QED) is 0.891. The van der Waals surface area contributed by atoms with Crippen LogP contribution >= 0.6 is 15.9 Å². The summed E-state index contributed by atoms with van der Waals surface area (Å²) in [5, 5.41) is 0. The lowest BCUT2D eigenvalue weighted by molar-refractivity contribution is 0.171. The number of rotatable bonds is 3. The molecule has 1 aromatic carbocycles. The largest absolute Gasteiger partial charge is 0.486 e. The molecule has 0 spiro atoms. The Labute approximate surface area is 130 Å². The van der Waals surface area contributed by atoms with Crippen molar-refractivity contribution >= 4 is 15.9 Å². The number of fused-ring (bicyclic) bond motifs is 1. The van der Waals surface area contributed by atoms with Crippen LogP contribution in [-0.2, 0) is 0 Å². The summed E-state index contributed by atoms with van der Waals surface area (Å²) < 4.78 is 12.2. The summed E-state index contributed by atoms with van der Waals surface area (Å²) in [4.78, 5) is 0. The fraction of sp³-hybridized carbons (Fsp3) is 0.625. The van der Waals surface area contributed by atoms with Crippen molar-refractivity contribution in [3.63, 3.8) is 0 Å². The standard InChI is InChI=1S/C16H24BrNO2/c1-10(16(2,3)4)7-13(18)11-8-14-15(9-12(11)17)20-6-5-19-14/h8-10,13H,5-7,18H2,1-4H3. The number of ether oxygens (including phenoxy) is 2. The summed E-state index contributed by atoms with van der Waals surface area (Å²) in [6.07, 6.45) is 0.946. The molecule has 2 rings (SSSR count). The maximum Gasteiger partial charge on any atom is 0.162 e. The van der Waals surface area contributed by atoms with Gasteiger partial charge in [0, 0.05) is 10.5 Å². The molecular formula is C16H24BrNO2. The van der Waals surface area contributed by atoms with E-state index in [0.717, 1.165) is 28.0 Å². The molecule has 0 saturated carbocycles. The summed E-state index contributed by atoms with van der Waals surface area (Å²) in [5.41, 5.74) is 7.75. The molecule has 2 unspecified atom stereocenters. The maximum absolute atomic E-state index is 6.40. The predicted octanol–water partition coefficient (Wildman–Crippen LogP) is 4.29. The van der Waals surface area contributed by atoms with Crippen molar-refractivity contribution in [3.8, 4) is 11.5 Å². The molecule has 2 atom stereocenters. The van der Waals surface area contributed by atoms with Gasteiger partial charge in [0.2, 0.25) is 0 Å². The average Bonchev–Trinajstić information content (AvgIpc) is 2.36. The number of hydrogen-bond donors (Lipinski definition) is 1. The Morgan fingerprint density at radius 3 is 2.30 bits per heavy atom. The third-order valence-corrected chi connectivity index (χ3v) is 4.83. The Morgan fingerprint density at radius 1 is 1.20 bits per heavy atom. The van der Waals surface area contributed by atoms with Gasteiger partial charge >= 0.3 is 0 Å². The van der Waals surface area contributed by atoms with Gasteiger partial charge < -0.3 is 15.2 Å². The minimum Gasteiger partial charge on any atom is -0.486 e. The van der Waals surface area contributed by atoms with Crippen LogP contribution in [0.25, 0.3) is 0 Å². The van der Waals surface area contributed by atoms with E-state index in [4.69, 9.17) is 15.2 Å². The van der Waals surface area contributed by atoms with Crippen molar-refractivity contribution < 1.29 is 9.47 Å². The van der Waals surface area contributed by atoms with Crippen LogP contribution in [-0.4, -0.2) is 13.2 Å². The molecule has 0 radical (unpaired) electrons. The lowest BCUT2D eigenvalue weighted by atomic mass is 9.78. The van der Waals surface area contributed by atoms with Crippen molar-refractivity contribution in [2.75, 3.05) is 13.2 Å². The number of hydrogen-bond acceptors (Lipinski definition) is 3. The number of halogens is 1. The van der Waals surface area contributed by atoms with E-state index in [2.05, 4.69) is 43.6 Å². The first kappa shape index (κ1) is 15.6. The van der Waals surface area contributed by atoms with Crippen molar-refractivity contribution in [2.24, 2.45) is 17.1 Å². The second-order valence-corrected chi connectivity index (χ2v) is 7.48.